The monoisotopic (exact) mass is 689 g/mol. The van der Waals surface area contributed by atoms with Crippen LogP contribution < -0.4 is 9.62 Å². The van der Waals surface area contributed by atoms with E-state index in [1.54, 1.807) is 36.4 Å². The Balaban J connectivity index is 1.80. The van der Waals surface area contributed by atoms with E-state index >= 15 is 0 Å². The second-order valence-corrected chi connectivity index (χ2v) is 14.1. The van der Waals surface area contributed by atoms with Gasteiger partial charge in [0, 0.05) is 23.5 Å². The summed E-state index contributed by atoms with van der Waals surface area (Å²) in [5, 5.41) is 3.06. The van der Waals surface area contributed by atoms with Gasteiger partial charge in [0.2, 0.25) is 11.8 Å². The molecule has 4 aromatic rings. The number of benzene rings is 4. The largest absolute Gasteiger partial charge is 0.352 e. The van der Waals surface area contributed by atoms with Crippen LogP contribution in [0.1, 0.15) is 42.5 Å². The van der Waals surface area contributed by atoms with E-state index in [-0.39, 0.29) is 29.8 Å². The molecule has 1 N–H and O–H groups in total. The summed E-state index contributed by atoms with van der Waals surface area (Å²) in [6.45, 7) is 7.32. The van der Waals surface area contributed by atoms with E-state index in [0.717, 1.165) is 37.5 Å². The number of hydrogen-bond donors (Lipinski definition) is 1. The fourth-order valence-corrected chi connectivity index (χ4v) is 6.77. The van der Waals surface area contributed by atoms with Gasteiger partial charge in [-0.3, -0.25) is 13.9 Å². The molecule has 0 radical (unpaired) electrons. The zero-order valence-corrected chi connectivity index (χ0v) is 28.5. The van der Waals surface area contributed by atoms with Gasteiger partial charge in [0.15, 0.2) is 0 Å². The third kappa shape index (κ3) is 9.05. The molecule has 0 spiro atoms. The highest BCUT2D eigenvalue weighted by Crippen LogP contribution is 2.26. The Hall–Kier alpha value is -3.95. The summed E-state index contributed by atoms with van der Waals surface area (Å²) < 4.78 is 30.2. The molecule has 9 heteroatoms. The maximum atomic E-state index is 14.5. The number of carbonyl (C=O) groups excluding carboxylic acids is 2. The second-order valence-electron chi connectivity index (χ2n) is 11.3. The van der Waals surface area contributed by atoms with Crippen molar-refractivity contribution < 1.29 is 18.0 Å². The van der Waals surface area contributed by atoms with Crippen LogP contribution in [0.3, 0.4) is 0 Å². The third-order valence-corrected chi connectivity index (χ3v) is 10.0. The minimum absolute atomic E-state index is 0.0790. The molecular formula is C36H40BrN3O4S. The zero-order chi connectivity index (χ0) is 32.6. The van der Waals surface area contributed by atoms with Crippen LogP contribution in [0.25, 0.3) is 0 Å². The van der Waals surface area contributed by atoms with Crippen molar-refractivity contribution in [3.05, 3.63) is 130 Å². The molecule has 0 aromatic heterocycles. The molecule has 236 valence electrons. The maximum Gasteiger partial charge on any atom is 0.264 e. The predicted molar refractivity (Wildman–Crippen MR) is 183 cm³/mol. The summed E-state index contributed by atoms with van der Waals surface area (Å²) in [7, 11) is -4.14. The molecule has 0 aliphatic carbocycles. The van der Waals surface area contributed by atoms with Crippen LogP contribution in [-0.4, -0.2) is 43.8 Å². The number of anilines is 1. The number of sulfonamides is 1. The quantitative estimate of drug-likeness (QED) is 0.167. The summed E-state index contributed by atoms with van der Waals surface area (Å²) in [4.78, 5) is 30.0. The molecule has 45 heavy (non-hydrogen) atoms. The van der Waals surface area contributed by atoms with Crippen molar-refractivity contribution >= 4 is 43.5 Å². The first-order valence-electron chi connectivity index (χ1n) is 15.0. The highest BCUT2D eigenvalue weighted by molar-refractivity contribution is 9.10. The first-order valence-corrected chi connectivity index (χ1v) is 17.3. The van der Waals surface area contributed by atoms with Crippen molar-refractivity contribution in [3.63, 3.8) is 0 Å². The molecule has 0 saturated carbocycles. The number of nitrogens with zero attached hydrogens (tertiary/aromatic N) is 2. The highest BCUT2D eigenvalue weighted by atomic mass is 79.9. The number of amides is 2. The van der Waals surface area contributed by atoms with E-state index in [0.29, 0.717) is 5.69 Å². The second kappa shape index (κ2) is 15.4. The Kier molecular flexibility index (Phi) is 11.6. The first-order chi connectivity index (χ1) is 21.5. The zero-order valence-electron chi connectivity index (χ0n) is 26.1. The SMILES string of the molecule is CC[C@H](C)NC(=O)[C@@H](Cc1ccccc1)N(Cc1cccc(Br)c1)C(=O)CN(c1ccc(C)cc1)S(=O)(=O)c1ccc(C)cc1. The molecule has 2 amide bonds. The fraction of sp³-hybridized carbons (Fsp3) is 0.278. The first kappa shape index (κ1) is 33.9. The lowest BCUT2D eigenvalue weighted by atomic mass is 10.0. The van der Waals surface area contributed by atoms with Gasteiger partial charge in [-0.25, -0.2) is 8.42 Å². The summed E-state index contributed by atoms with van der Waals surface area (Å²) in [5.41, 5.74) is 3.93. The van der Waals surface area contributed by atoms with Gasteiger partial charge in [0.25, 0.3) is 10.0 Å². The number of nitrogens with one attached hydrogen (secondary N) is 1. The van der Waals surface area contributed by atoms with Crippen LogP contribution in [-0.2, 0) is 32.6 Å². The lowest BCUT2D eigenvalue weighted by molar-refractivity contribution is -0.140. The summed E-state index contributed by atoms with van der Waals surface area (Å²) in [5.74, 6) is -0.786. The lowest BCUT2D eigenvalue weighted by Crippen LogP contribution is -2.54. The van der Waals surface area contributed by atoms with Gasteiger partial charge in [-0.05, 0) is 74.7 Å². The Bertz CT molecular complexity index is 1690. The van der Waals surface area contributed by atoms with Gasteiger partial charge in [-0.2, -0.15) is 0 Å². The Labute approximate surface area is 275 Å². The van der Waals surface area contributed by atoms with Crippen LogP contribution in [0, 0.1) is 13.8 Å². The van der Waals surface area contributed by atoms with Crippen LogP contribution in [0.4, 0.5) is 5.69 Å². The fourth-order valence-electron chi connectivity index (χ4n) is 4.90. The van der Waals surface area contributed by atoms with E-state index in [9.17, 15) is 18.0 Å². The topological polar surface area (TPSA) is 86.8 Å². The van der Waals surface area contributed by atoms with Gasteiger partial charge in [-0.15, -0.1) is 0 Å². The Morgan fingerprint density at radius 2 is 1.42 bits per heavy atom. The molecule has 0 heterocycles. The number of rotatable bonds is 13. The molecule has 0 unspecified atom stereocenters. The minimum Gasteiger partial charge on any atom is -0.352 e. The van der Waals surface area contributed by atoms with Gasteiger partial charge in [-0.1, -0.05) is 101 Å². The molecular weight excluding hydrogens is 650 g/mol. The lowest BCUT2D eigenvalue weighted by Gasteiger charge is -2.34. The molecule has 4 rings (SSSR count). The van der Waals surface area contributed by atoms with Crippen molar-refractivity contribution in [1.29, 1.82) is 0 Å². The van der Waals surface area contributed by atoms with Gasteiger partial charge >= 0.3 is 0 Å². The number of halogens is 1. The van der Waals surface area contributed by atoms with Crippen molar-refractivity contribution in [2.75, 3.05) is 10.8 Å². The Morgan fingerprint density at radius 1 is 0.822 bits per heavy atom. The van der Waals surface area contributed by atoms with Crippen molar-refractivity contribution in [1.82, 2.24) is 10.2 Å². The third-order valence-electron chi connectivity index (χ3n) is 7.72. The Morgan fingerprint density at radius 3 is 2.02 bits per heavy atom. The van der Waals surface area contributed by atoms with Crippen LogP contribution in [0.5, 0.6) is 0 Å². The highest BCUT2D eigenvalue weighted by Gasteiger charge is 2.35. The molecule has 0 bridgehead atoms. The van der Waals surface area contributed by atoms with E-state index in [2.05, 4.69) is 21.2 Å². The number of aryl methyl sites for hydroxylation is 2. The minimum atomic E-state index is -4.14. The number of carbonyl (C=O) groups is 2. The van der Waals surface area contributed by atoms with Crippen molar-refractivity contribution in [2.45, 2.75) is 64.1 Å². The molecule has 0 fully saturated rings. The van der Waals surface area contributed by atoms with E-state index in [1.807, 2.05) is 94.4 Å². The van der Waals surface area contributed by atoms with Gasteiger partial charge in [0.1, 0.15) is 12.6 Å². The van der Waals surface area contributed by atoms with Crippen molar-refractivity contribution in [3.8, 4) is 0 Å². The van der Waals surface area contributed by atoms with Gasteiger partial charge < -0.3 is 10.2 Å². The molecule has 0 aliphatic rings. The smallest absolute Gasteiger partial charge is 0.264 e. The molecule has 4 aromatic carbocycles. The van der Waals surface area contributed by atoms with Crippen LogP contribution >= 0.6 is 15.9 Å². The van der Waals surface area contributed by atoms with Crippen molar-refractivity contribution in [2.24, 2.45) is 0 Å². The average molecular weight is 691 g/mol. The summed E-state index contributed by atoms with van der Waals surface area (Å²) in [6, 6.07) is 29.7. The van der Waals surface area contributed by atoms with Crippen LogP contribution in [0.15, 0.2) is 112 Å². The molecule has 0 saturated heterocycles. The normalized spacial score (nSPS) is 12.6. The molecule has 0 aliphatic heterocycles. The predicted octanol–water partition coefficient (Wildman–Crippen LogP) is 6.82. The van der Waals surface area contributed by atoms with Crippen LogP contribution in [0.2, 0.25) is 0 Å². The molecule has 7 nitrogen and oxygen atoms in total. The maximum absolute atomic E-state index is 14.5. The molecule has 2 atom stereocenters. The summed E-state index contributed by atoms with van der Waals surface area (Å²) in [6.07, 6.45) is 0.984. The standard InChI is InChI=1S/C36H40BrN3O4S/c1-5-28(4)38-36(42)34(23-29-10-7-6-8-11-29)39(24-30-12-9-13-31(37)22-30)35(41)25-40(32-18-14-26(2)15-19-32)45(43,44)33-20-16-27(3)17-21-33/h6-22,28,34H,5,23-25H2,1-4H3,(H,38,42)/t28-,34+/m0/s1. The summed E-state index contributed by atoms with van der Waals surface area (Å²) >= 11 is 3.51. The van der Waals surface area contributed by atoms with Gasteiger partial charge in [0.05, 0.1) is 10.6 Å². The average Bonchev–Trinajstić information content (AvgIpc) is 3.02. The van der Waals surface area contributed by atoms with E-state index in [1.165, 1.54) is 4.90 Å². The number of hydrogen-bond acceptors (Lipinski definition) is 4. The van der Waals surface area contributed by atoms with E-state index in [4.69, 9.17) is 0 Å². The van der Waals surface area contributed by atoms with E-state index < -0.39 is 28.5 Å².